The molecule has 0 amide bonds. The van der Waals surface area contributed by atoms with Crippen LogP contribution in [0.1, 0.15) is 318 Å². The number of halogens is 6. The Labute approximate surface area is 806 Å². The Morgan fingerprint density at radius 2 is 0.600 bits per heavy atom. The van der Waals surface area contributed by atoms with Gasteiger partial charge in [0.15, 0.2) is 0 Å². The maximum atomic E-state index is 13.3. The van der Waals surface area contributed by atoms with Crippen LogP contribution in [0.15, 0.2) is 119 Å². The summed E-state index contributed by atoms with van der Waals surface area (Å²) in [5.74, 6) is 33.5. The second kappa shape index (κ2) is 38.3. The van der Waals surface area contributed by atoms with E-state index in [4.69, 9.17) is 34.8 Å². The van der Waals surface area contributed by atoms with Crippen molar-refractivity contribution in [2.24, 2.45) is 181 Å². The van der Waals surface area contributed by atoms with Gasteiger partial charge < -0.3 is 35.7 Å². The Morgan fingerprint density at radius 1 is 0.346 bits per heavy atom. The molecule has 16 fully saturated rings. The molecule has 21 aliphatic carbocycles. The molecule has 21 rings (SSSR count). The summed E-state index contributed by atoms with van der Waals surface area (Å²) in [6.07, 6.45) is 55.0. The van der Waals surface area contributed by atoms with Crippen molar-refractivity contribution in [2.45, 2.75) is 353 Å². The first-order valence-electron chi connectivity index (χ1n) is 52.3. The third-order valence-corrected chi connectivity index (χ3v) is 44.1. The first-order chi connectivity index (χ1) is 61.9. The van der Waals surface area contributed by atoms with Crippen molar-refractivity contribution in [1.82, 2.24) is 0 Å². The molecule has 0 aromatic heterocycles. The van der Waals surface area contributed by atoms with Gasteiger partial charge in [0.2, 0.25) is 0 Å². The third kappa shape index (κ3) is 18.1. The average Bonchev–Trinajstić information content (AvgIpc) is 1.51. The summed E-state index contributed by atoms with van der Waals surface area (Å²) in [5, 5.41) is 80.8. The molecule has 0 heterocycles. The molecule has 0 saturated heterocycles. The molecule has 7 N–H and O–H groups in total. The largest absolute Gasteiger partial charge is 0.392 e. The van der Waals surface area contributed by atoms with Crippen LogP contribution in [0.25, 0.3) is 0 Å². The Bertz CT molecular complexity index is 4630. The van der Waals surface area contributed by atoms with Crippen molar-refractivity contribution < 1.29 is 44.5 Å². The van der Waals surface area contributed by atoms with Gasteiger partial charge in [0.05, 0.1) is 13.2 Å². The van der Waals surface area contributed by atoms with Gasteiger partial charge in [-0.2, -0.15) is 0 Å². The van der Waals surface area contributed by atoms with Crippen LogP contribution in [0, 0.1) is 227 Å². The minimum Gasteiger partial charge on any atom is -0.392 e. The van der Waals surface area contributed by atoms with E-state index in [-0.39, 0.29) is 31.5 Å². The summed E-state index contributed by atoms with van der Waals surface area (Å²) >= 11 is 20.4. The molecule has 21 aliphatic rings. The molecule has 7 nitrogen and oxygen atoms in total. The number of aliphatic hydroxyl groups excluding tert-OH is 2. The van der Waals surface area contributed by atoms with Crippen LogP contribution in [0.3, 0.4) is 0 Å². The van der Waals surface area contributed by atoms with Gasteiger partial charge in [0.25, 0.3) is 6.43 Å². The fraction of sp³-hybridized carbons (Fsp3) is 0.761. The molecule has 0 aromatic carbocycles. The molecule has 35 atom stereocenters. The van der Waals surface area contributed by atoms with E-state index in [9.17, 15) is 44.5 Å². The van der Waals surface area contributed by atoms with Crippen molar-refractivity contribution in [3.63, 3.8) is 0 Å². The highest BCUT2D eigenvalue weighted by atomic mass is 79.9. The lowest BCUT2D eigenvalue weighted by Crippen LogP contribution is -2.49. The van der Waals surface area contributed by atoms with E-state index < -0.39 is 34.4 Å². The second-order valence-electron chi connectivity index (χ2n) is 49.1. The monoisotopic (exact) mass is 1900 g/mol. The minimum atomic E-state index is -2.66. The maximum Gasteiger partial charge on any atom is 0.267 e. The molecule has 0 aromatic rings. The highest BCUT2D eigenvalue weighted by molar-refractivity contribution is 9.09. The molecule has 13 heteroatoms. The summed E-state index contributed by atoms with van der Waals surface area (Å²) in [6.45, 7) is 38.6. The van der Waals surface area contributed by atoms with Gasteiger partial charge in [0, 0.05) is 59.5 Å². The van der Waals surface area contributed by atoms with E-state index in [1.165, 1.54) is 175 Å². The van der Waals surface area contributed by atoms with Gasteiger partial charge >= 0.3 is 0 Å². The van der Waals surface area contributed by atoms with Crippen LogP contribution in [-0.2, 0) is 0 Å². The second-order valence-corrected chi connectivity index (χ2v) is 50.2. The van der Waals surface area contributed by atoms with Crippen LogP contribution in [0.5, 0.6) is 0 Å². The fourth-order valence-corrected chi connectivity index (χ4v) is 37.7. The van der Waals surface area contributed by atoms with Crippen LogP contribution < -0.4 is 0 Å². The molecule has 0 spiro atoms. The molecule has 130 heavy (non-hydrogen) atoms. The number of alkyl halides is 3. The summed E-state index contributed by atoms with van der Waals surface area (Å²) in [4.78, 5) is 0. The quantitative estimate of drug-likeness (QED) is 0.0693. The van der Waals surface area contributed by atoms with E-state index in [2.05, 4.69) is 173 Å². The van der Waals surface area contributed by atoms with Crippen molar-refractivity contribution in [3.8, 4) is 45.7 Å². The summed E-state index contributed by atoms with van der Waals surface area (Å²) in [7, 11) is 0. The van der Waals surface area contributed by atoms with Crippen LogP contribution in [-0.4, -0.2) is 88.7 Å². The Morgan fingerprint density at radius 3 is 0.854 bits per heavy atom. The molecule has 712 valence electrons. The van der Waals surface area contributed by atoms with Crippen molar-refractivity contribution >= 4 is 50.7 Å². The zero-order valence-electron chi connectivity index (χ0n) is 80.2. The first kappa shape index (κ1) is 98.2. The number of hydrogen-bond acceptors (Lipinski definition) is 7. The summed E-state index contributed by atoms with van der Waals surface area (Å²) < 4.78 is 26.5. The lowest BCUT2D eigenvalue weighted by atomic mass is 9.51. The van der Waals surface area contributed by atoms with E-state index >= 15 is 0 Å². The molecule has 0 radical (unpaired) electrons. The van der Waals surface area contributed by atoms with E-state index in [0.29, 0.717) is 112 Å². The zero-order chi connectivity index (χ0) is 92.4. The van der Waals surface area contributed by atoms with Crippen LogP contribution >= 0.6 is 50.7 Å². The highest BCUT2D eigenvalue weighted by Gasteiger charge is 2.64. The highest BCUT2D eigenvalue weighted by Crippen LogP contribution is 2.72. The number of allylic oxidation sites excluding steroid dienone is 8. The van der Waals surface area contributed by atoms with Gasteiger partial charge in [-0.25, -0.2) is 8.78 Å². The Hall–Kier alpha value is -3.43. The van der Waals surface area contributed by atoms with Crippen molar-refractivity contribution in [1.29, 1.82) is 0 Å². The SMILES string of the molecule is C=C(C)[C@H]1CC[C@H]2[C@@H]3CC=C4C[C@](O)(C#CC5CC5)CC[C@@H]4[C@H]3CC[C@]12C.C=C(C)[C@H]1CC[C@H]2[C@@H]3CC=C4C[C@](O)(C#CCl)CC[C@@H]4[C@H]3CC[C@]12C.C=C(CBr)[C@H]1CC[C@H]2[C@@H]3CC=C4C[C@](O)(C#CCl)CC[C@@H]4[C@H]3CC[C@]12C.C=C(CO)[C@H]1CC[C@H]2[C@@H]3CC=C4C[C@](O)(C#CCl)CC[C@@H]4[C@H]3CC[C@]12C.C=C(CO)[C@H]1CC[C@H]2[C@@H]3CC=C4C[C@](O)(C(F)F)CC[C@@H]4[C@H]3CC[C@]12C. The Kier molecular flexibility index (Phi) is 28.9. The van der Waals surface area contributed by atoms with Crippen LogP contribution in [0.2, 0.25) is 0 Å². The lowest BCUT2D eigenvalue weighted by Gasteiger charge is -2.54. The summed E-state index contributed by atoms with van der Waals surface area (Å²) in [5.41, 5.74) is 9.94. The topological polar surface area (TPSA) is 142 Å². The number of hydrogen-bond donors (Lipinski definition) is 7. The first-order valence-corrected chi connectivity index (χ1v) is 54.5. The van der Waals surface area contributed by atoms with Crippen molar-refractivity contribution in [2.75, 3.05) is 18.5 Å². The fourth-order valence-electron chi connectivity index (χ4n) is 36.8. The van der Waals surface area contributed by atoms with Gasteiger partial charge in [-0.1, -0.05) is 188 Å². The van der Waals surface area contributed by atoms with E-state index in [1.54, 1.807) is 5.57 Å². The number of rotatable bonds is 9. The molecule has 0 unspecified atom stereocenters. The lowest BCUT2D eigenvalue weighted by molar-refractivity contribution is -0.119. The van der Waals surface area contributed by atoms with Crippen LogP contribution in [0.4, 0.5) is 8.78 Å². The molecular formula is C117H160BrCl3F2O7. The van der Waals surface area contributed by atoms with E-state index in [0.717, 1.165) is 201 Å². The van der Waals surface area contributed by atoms with Crippen molar-refractivity contribution in [3.05, 3.63) is 119 Å². The smallest absolute Gasteiger partial charge is 0.267 e. The number of fused-ring (bicyclic) bond motifs is 25. The Balaban J connectivity index is 0.000000114. The maximum absolute atomic E-state index is 13.3. The van der Waals surface area contributed by atoms with E-state index in [1.807, 2.05) is 0 Å². The molecule has 16 saturated carbocycles. The predicted octanol–water partition coefficient (Wildman–Crippen LogP) is 27.0. The van der Waals surface area contributed by atoms with Gasteiger partial charge in [-0.3, -0.25) is 0 Å². The average molecular weight is 1900 g/mol. The zero-order valence-corrected chi connectivity index (χ0v) is 84.1. The number of aliphatic hydroxyl groups is 7. The van der Waals surface area contributed by atoms with Gasteiger partial charge in [-0.05, 0) is 472 Å². The normalized spacial score (nSPS) is 47.7. The van der Waals surface area contributed by atoms with Gasteiger partial charge in [-0.15, -0.1) is 0 Å². The molecular weight excluding hydrogens is 1740 g/mol. The minimum absolute atomic E-state index is 0.0833. The predicted molar refractivity (Wildman–Crippen MR) is 530 cm³/mol. The molecule has 0 bridgehead atoms. The summed E-state index contributed by atoms with van der Waals surface area (Å²) in [6, 6.07) is 0. The van der Waals surface area contributed by atoms with Gasteiger partial charge in [0.1, 0.15) is 28.0 Å². The standard InChI is InChI=1S/C26H36O.C23H30BrClO.C23H31ClO2.C23H31ClO.C22H32F2O2/c1-17(2)23-8-9-24-22-7-6-19-16-26(27,14-10-18-4-5-18)15-12-20(19)21(22)11-13-25(23,24)3;1-15(14-24)20-5-6-21-19-4-3-16-13-23(26,11-12-25)10-8-17(16)18(19)7-9-22(20,21)2;1-15(14-25)20-5-6-21-19-4-3-16-13-23(26,11-12-24)10-8-17(16)18(19)7-9-22(20,21)2;1-15(2)20-6-7-21-19-5-4-16-14-23(25,12-13-24)11-9-17(16)18(19)8-10-22(20,21)3;1-13(12-25)18-5-6-19-17-4-3-14-11-22(26,20(23)24)10-8-15(14)16(17)7-9-21(18,19)2/h6,18,20-24,27H,1,4-5,7-9,11-13,15-16H2,2-3H3;3,17-21,26H,1,4-10,13-14H2,2H3;3,17-21,25-26H,1,4-10,13-14H2,2H3;4,17-21,25H,1,5-11,14H2,2-3H3;3,15-20,25-26H,1,4-12H2,2H3/t20-,21+,22+,23+,24-,25+,26-;3*17-,18+,19+,20+,21-,22+,23+;15-,16+,17+,18+,19-,21+,22-/m00000/s1. The third-order valence-electron chi connectivity index (χ3n) is 43.1. The molecule has 0 aliphatic heterocycles.